The summed E-state index contributed by atoms with van der Waals surface area (Å²) in [4.78, 5) is 15.3. The van der Waals surface area contributed by atoms with E-state index in [0.29, 0.717) is 24.5 Å². The van der Waals surface area contributed by atoms with Crippen LogP contribution in [0.3, 0.4) is 0 Å². The molecule has 0 saturated heterocycles. The van der Waals surface area contributed by atoms with Crippen LogP contribution in [0.1, 0.15) is 24.6 Å². The van der Waals surface area contributed by atoms with Crippen molar-refractivity contribution >= 4 is 34.5 Å². The number of carbonyl (C=O) groups excluding carboxylic acids is 1. The number of hydrogen-bond acceptors (Lipinski definition) is 3. The minimum atomic E-state index is 0.136. The summed E-state index contributed by atoms with van der Waals surface area (Å²) < 4.78 is 0. The molecule has 5 heteroatoms. The Morgan fingerprint density at radius 2 is 2.35 bits per heavy atom. The highest BCUT2D eigenvalue weighted by Gasteiger charge is 2.11. The fourth-order valence-electron chi connectivity index (χ4n) is 1.59. The molecule has 17 heavy (non-hydrogen) atoms. The largest absolute Gasteiger partial charge is 0.392 e. The lowest BCUT2D eigenvalue weighted by atomic mass is 10.2. The van der Waals surface area contributed by atoms with Gasteiger partial charge in [0.25, 0.3) is 0 Å². The van der Waals surface area contributed by atoms with Crippen LogP contribution in [-0.4, -0.2) is 28.9 Å². The molecular weight excluding hydrogens is 252 g/mol. The average molecular weight is 270 g/mol. The summed E-state index contributed by atoms with van der Waals surface area (Å²) in [5.74, 6) is 0.136. The van der Waals surface area contributed by atoms with Gasteiger partial charge < -0.3 is 10.6 Å². The first kappa shape index (κ1) is 14.1. The van der Waals surface area contributed by atoms with Crippen LogP contribution in [0.2, 0.25) is 0 Å². The Labute approximate surface area is 112 Å². The zero-order chi connectivity index (χ0) is 12.7. The summed E-state index contributed by atoms with van der Waals surface area (Å²) in [6, 6.07) is 4.13. The van der Waals surface area contributed by atoms with Gasteiger partial charge in [0.2, 0.25) is 5.91 Å². The Morgan fingerprint density at radius 3 is 2.88 bits per heavy atom. The second-order valence-corrected chi connectivity index (χ2v) is 5.36. The molecule has 1 heterocycles. The number of nitrogens with zero attached hydrogens (tertiary/aromatic N) is 1. The Hall–Kier alpha value is -0.940. The number of nitrogens with two attached hydrogens (primary N) is 1. The first-order chi connectivity index (χ1) is 8.13. The Balaban J connectivity index is 2.29. The van der Waals surface area contributed by atoms with E-state index < -0.39 is 0 Å². The molecule has 0 aromatic carbocycles. The predicted molar refractivity (Wildman–Crippen MR) is 76.3 cm³/mol. The van der Waals surface area contributed by atoms with Crippen molar-refractivity contribution in [3.63, 3.8) is 0 Å². The van der Waals surface area contributed by atoms with E-state index in [4.69, 9.17) is 18.0 Å². The first-order valence-electron chi connectivity index (χ1n) is 5.72. The van der Waals surface area contributed by atoms with E-state index in [2.05, 4.69) is 11.4 Å². The number of aryl methyl sites for hydroxylation is 1. The number of carbonyl (C=O) groups is 1. The van der Waals surface area contributed by atoms with Gasteiger partial charge in [0.05, 0.1) is 11.5 Å². The van der Waals surface area contributed by atoms with E-state index in [9.17, 15) is 4.79 Å². The molecule has 2 N–H and O–H groups in total. The highest BCUT2D eigenvalue weighted by Crippen LogP contribution is 2.12. The van der Waals surface area contributed by atoms with Gasteiger partial charge in [0, 0.05) is 17.8 Å². The summed E-state index contributed by atoms with van der Waals surface area (Å²) in [5.41, 5.74) is 5.45. The number of amides is 1. The molecule has 0 aliphatic heterocycles. The lowest BCUT2D eigenvalue weighted by Gasteiger charge is -2.19. The fourth-order valence-corrected chi connectivity index (χ4v) is 2.50. The van der Waals surface area contributed by atoms with Gasteiger partial charge in [0.1, 0.15) is 0 Å². The van der Waals surface area contributed by atoms with Crippen LogP contribution in [-0.2, 0) is 11.2 Å². The van der Waals surface area contributed by atoms with Gasteiger partial charge >= 0.3 is 0 Å². The normalized spacial score (nSPS) is 10.2. The summed E-state index contributed by atoms with van der Waals surface area (Å²) in [6.07, 6.45) is 2.41. The lowest BCUT2D eigenvalue weighted by Crippen LogP contribution is -2.37. The van der Waals surface area contributed by atoms with Crippen molar-refractivity contribution in [3.05, 3.63) is 22.4 Å². The van der Waals surface area contributed by atoms with Gasteiger partial charge in [-0.1, -0.05) is 18.3 Å². The maximum absolute atomic E-state index is 11.9. The molecule has 0 saturated carbocycles. The van der Waals surface area contributed by atoms with Crippen LogP contribution in [0.4, 0.5) is 0 Å². The molecule has 0 aliphatic rings. The number of thiocarbonyl (C=S) groups is 1. The van der Waals surface area contributed by atoms with E-state index in [1.807, 2.05) is 13.0 Å². The molecule has 0 atom stereocenters. The quantitative estimate of drug-likeness (QED) is 0.773. The van der Waals surface area contributed by atoms with Crippen molar-refractivity contribution in [1.29, 1.82) is 0 Å². The summed E-state index contributed by atoms with van der Waals surface area (Å²) in [7, 11) is 0. The van der Waals surface area contributed by atoms with Gasteiger partial charge in [-0.05, 0) is 31.2 Å². The molecule has 0 fully saturated rings. The zero-order valence-electron chi connectivity index (χ0n) is 10.0. The molecule has 0 aliphatic carbocycles. The molecule has 94 valence electrons. The van der Waals surface area contributed by atoms with E-state index in [1.54, 1.807) is 16.2 Å². The van der Waals surface area contributed by atoms with Crippen LogP contribution in [0, 0.1) is 0 Å². The maximum Gasteiger partial charge on any atom is 0.222 e. The van der Waals surface area contributed by atoms with Crippen LogP contribution in [0.25, 0.3) is 0 Å². The van der Waals surface area contributed by atoms with Gasteiger partial charge in [-0.15, -0.1) is 11.3 Å². The van der Waals surface area contributed by atoms with Gasteiger partial charge in [-0.3, -0.25) is 4.79 Å². The Bertz CT molecular complexity index is 363. The second-order valence-electron chi connectivity index (χ2n) is 3.81. The second kappa shape index (κ2) is 7.40. The SMILES string of the molecule is CCN(CC(N)=S)C(=O)CCCc1cccs1. The topological polar surface area (TPSA) is 46.3 Å². The molecule has 0 bridgehead atoms. The van der Waals surface area contributed by atoms with E-state index in [0.717, 1.165) is 12.8 Å². The molecule has 1 amide bonds. The van der Waals surface area contributed by atoms with Crippen molar-refractivity contribution in [2.45, 2.75) is 26.2 Å². The van der Waals surface area contributed by atoms with E-state index in [-0.39, 0.29) is 5.91 Å². The molecule has 0 spiro atoms. The van der Waals surface area contributed by atoms with E-state index in [1.165, 1.54) is 4.88 Å². The van der Waals surface area contributed by atoms with Crippen molar-refractivity contribution < 1.29 is 4.79 Å². The number of likely N-dealkylation sites (N-methyl/N-ethyl adjacent to an activating group) is 1. The maximum atomic E-state index is 11.9. The molecule has 0 radical (unpaired) electrons. The third kappa shape index (κ3) is 5.28. The molecule has 1 aromatic heterocycles. The first-order valence-corrected chi connectivity index (χ1v) is 7.00. The fraction of sp³-hybridized carbons (Fsp3) is 0.500. The van der Waals surface area contributed by atoms with Crippen LogP contribution in [0.5, 0.6) is 0 Å². The summed E-state index contributed by atoms with van der Waals surface area (Å²) in [6.45, 7) is 2.99. The molecule has 1 aromatic rings. The number of hydrogen-bond donors (Lipinski definition) is 1. The third-order valence-electron chi connectivity index (χ3n) is 2.48. The highest BCUT2D eigenvalue weighted by atomic mass is 32.1. The van der Waals surface area contributed by atoms with Crippen molar-refractivity contribution in [2.24, 2.45) is 5.73 Å². The van der Waals surface area contributed by atoms with E-state index >= 15 is 0 Å². The zero-order valence-corrected chi connectivity index (χ0v) is 11.6. The molecule has 0 unspecified atom stereocenters. The van der Waals surface area contributed by atoms with Crippen molar-refractivity contribution in [2.75, 3.05) is 13.1 Å². The summed E-state index contributed by atoms with van der Waals surface area (Å²) in [5, 5.41) is 2.06. The van der Waals surface area contributed by atoms with Gasteiger partial charge in [0.15, 0.2) is 0 Å². The highest BCUT2D eigenvalue weighted by molar-refractivity contribution is 7.80. The third-order valence-corrected chi connectivity index (χ3v) is 3.54. The average Bonchev–Trinajstić information content (AvgIpc) is 2.78. The minimum absolute atomic E-state index is 0.136. The van der Waals surface area contributed by atoms with Crippen LogP contribution in [0.15, 0.2) is 17.5 Å². The lowest BCUT2D eigenvalue weighted by molar-refractivity contribution is -0.130. The Kier molecular flexibility index (Phi) is 6.15. The van der Waals surface area contributed by atoms with Gasteiger partial charge in [-0.25, -0.2) is 0 Å². The molecule has 1 rings (SSSR count). The minimum Gasteiger partial charge on any atom is -0.392 e. The predicted octanol–water partition coefficient (Wildman–Crippen LogP) is 2.21. The van der Waals surface area contributed by atoms with Gasteiger partial charge in [-0.2, -0.15) is 0 Å². The van der Waals surface area contributed by atoms with Crippen molar-refractivity contribution in [1.82, 2.24) is 4.90 Å². The smallest absolute Gasteiger partial charge is 0.222 e. The monoisotopic (exact) mass is 270 g/mol. The van der Waals surface area contributed by atoms with Crippen molar-refractivity contribution in [3.8, 4) is 0 Å². The molecule has 3 nitrogen and oxygen atoms in total. The molecular formula is C12H18N2OS2. The Morgan fingerprint density at radius 1 is 1.59 bits per heavy atom. The number of thiophene rings is 1. The standard InChI is InChI=1S/C12H18N2OS2/c1-2-14(9-11(13)16)12(15)7-3-5-10-6-4-8-17-10/h4,6,8H,2-3,5,7,9H2,1H3,(H2,13,16). The van der Waals surface area contributed by atoms with Crippen LogP contribution >= 0.6 is 23.6 Å². The van der Waals surface area contributed by atoms with Crippen LogP contribution < -0.4 is 5.73 Å². The number of rotatable bonds is 7. The summed E-state index contributed by atoms with van der Waals surface area (Å²) >= 11 is 6.55.